The van der Waals surface area contributed by atoms with Crippen LogP contribution in [-0.4, -0.2) is 59.7 Å². The molecule has 1 amide bonds. The first-order valence-corrected chi connectivity index (χ1v) is 9.94. The summed E-state index contributed by atoms with van der Waals surface area (Å²) in [5, 5.41) is 8.74. The summed E-state index contributed by atoms with van der Waals surface area (Å²) in [6.07, 6.45) is 6.80. The van der Waals surface area contributed by atoms with Crippen molar-refractivity contribution in [2.45, 2.75) is 19.3 Å². The Morgan fingerprint density at radius 2 is 1.79 bits per heavy atom. The highest BCUT2D eigenvalue weighted by Crippen LogP contribution is 2.42. The number of rotatable bonds is 5. The van der Waals surface area contributed by atoms with Gasteiger partial charge in [-0.15, -0.1) is 0 Å². The van der Waals surface area contributed by atoms with Crippen molar-refractivity contribution in [3.05, 3.63) is 54.4 Å². The van der Waals surface area contributed by atoms with E-state index in [9.17, 15) is 9.59 Å². The highest BCUT2D eigenvalue weighted by molar-refractivity contribution is 5.94. The Morgan fingerprint density at radius 1 is 1.07 bits per heavy atom. The second-order valence-corrected chi connectivity index (χ2v) is 7.88. The molecule has 0 radical (unpaired) electrons. The van der Waals surface area contributed by atoms with Crippen molar-refractivity contribution < 1.29 is 19.4 Å². The van der Waals surface area contributed by atoms with Crippen molar-refractivity contribution in [1.82, 2.24) is 9.88 Å². The molecule has 7 nitrogen and oxygen atoms in total. The fraction of sp³-hybridized carbons (Fsp3) is 0.409. The van der Waals surface area contributed by atoms with Crippen LogP contribution in [0.1, 0.15) is 29.6 Å². The van der Waals surface area contributed by atoms with Crippen LogP contribution >= 0.6 is 0 Å². The number of ether oxygens (including phenoxy) is 1. The van der Waals surface area contributed by atoms with E-state index in [1.165, 1.54) is 5.69 Å². The lowest BCUT2D eigenvalue weighted by atomic mass is 9.77. The van der Waals surface area contributed by atoms with Gasteiger partial charge in [0.2, 0.25) is 0 Å². The van der Waals surface area contributed by atoms with Crippen molar-refractivity contribution in [3.63, 3.8) is 0 Å². The number of benzene rings is 1. The van der Waals surface area contributed by atoms with E-state index >= 15 is 0 Å². The van der Waals surface area contributed by atoms with Gasteiger partial charge in [0.1, 0.15) is 5.75 Å². The summed E-state index contributed by atoms with van der Waals surface area (Å²) in [7, 11) is 0. The fourth-order valence-electron chi connectivity index (χ4n) is 4.35. The molecular weight excluding hydrogens is 370 g/mol. The van der Waals surface area contributed by atoms with Crippen molar-refractivity contribution >= 4 is 17.6 Å². The second kappa shape index (κ2) is 8.11. The predicted octanol–water partition coefficient (Wildman–Crippen LogP) is 2.68. The Bertz CT molecular complexity index is 879. The number of carboxylic acid groups (broad SMARTS) is 1. The Labute approximate surface area is 169 Å². The van der Waals surface area contributed by atoms with Gasteiger partial charge < -0.3 is 19.6 Å². The van der Waals surface area contributed by atoms with E-state index in [1.54, 1.807) is 24.3 Å². The Hall–Kier alpha value is -3.09. The molecule has 0 atom stereocenters. The van der Waals surface area contributed by atoms with Crippen LogP contribution in [0.25, 0.3) is 0 Å². The third-order valence-corrected chi connectivity index (χ3v) is 6.02. The summed E-state index contributed by atoms with van der Waals surface area (Å²) in [5.41, 5.74) is 2.02. The molecule has 0 aliphatic carbocycles. The molecule has 2 aliphatic rings. The van der Waals surface area contributed by atoms with Crippen LogP contribution in [0.3, 0.4) is 0 Å². The molecule has 2 aliphatic heterocycles. The standard InChI is InChI=1S/C22H25N3O4/c26-20(27)15-29-19-3-1-2-17(14-19)21(28)24-11-6-22(7-12-24)8-13-25(16-22)18-4-9-23-10-5-18/h1-5,9-10,14H,6-8,11-13,15-16H2,(H,26,27). The summed E-state index contributed by atoms with van der Waals surface area (Å²) in [5.74, 6) is -0.666. The van der Waals surface area contributed by atoms with Gasteiger partial charge in [0, 0.05) is 49.8 Å². The molecule has 29 heavy (non-hydrogen) atoms. The highest BCUT2D eigenvalue weighted by Gasteiger charge is 2.41. The average molecular weight is 395 g/mol. The molecule has 4 rings (SSSR count). The zero-order chi connectivity index (χ0) is 20.3. The zero-order valence-corrected chi connectivity index (χ0v) is 16.3. The summed E-state index contributed by atoms with van der Waals surface area (Å²) in [6, 6.07) is 10.9. The molecule has 0 unspecified atom stereocenters. The van der Waals surface area contributed by atoms with E-state index in [-0.39, 0.29) is 11.3 Å². The van der Waals surface area contributed by atoms with E-state index in [0.717, 1.165) is 45.4 Å². The summed E-state index contributed by atoms with van der Waals surface area (Å²) < 4.78 is 5.20. The molecule has 152 valence electrons. The van der Waals surface area contributed by atoms with Crippen molar-refractivity contribution in [2.75, 3.05) is 37.7 Å². The molecule has 2 aromatic rings. The summed E-state index contributed by atoms with van der Waals surface area (Å²) in [6.45, 7) is 3.13. The first-order valence-electron chi connectivity index (χ1n) is 9.94. The zero-order valence-electron chi connectivity index (χ0n) is 16.3. The van der Waals surface area contributed by atoms with E-state index < -0.39 is 12.6 Å². The summed E-state index contributed by atoms with van der Waals surface area (Å²) in [4.78, 5) is 32.0. The van der Waals surface area contributed by atoms with E-state index in [4.69, 9.17) is 9.84 Å². The first-order chi connectivity index (χ1) is 14.0. The monoisotopic (exact) mass is 395 g/mol. The maximum atomic E-state index is 12.9. The van der Waals surface area contributed by atoms with Crippen LogP contribution in [0.5, 0.6) is 5.75 Å². The van der Waals surface area contributed by atoms with Gasteiger partial charge in [0.25, 0.3) is 5.91 Å². The normalized spacial score (nSPS) is 18.1. The van der Waals surface area contributed by atoms with E-state index in [1.807, 2.05) is 17.3 Å². The average Bonchev–Trinajstić information content (AvgIpc) is 3.17. The Balaban J connectivity index is 1.36. The number of carbonyl (C=O) groups excluding carboxylic acids is 1. The first kappa shape index (κ1) is 19.2. The Kier molecular flexibility index (Phi) is 5.38. The number of piperidine rings is 1. The molecule has 1 spiro atoms. The minimum atomic E-state index is -1.04. The summed E-state index contributed by atoms with van der Waals surface area (Å²) >= 11 is 0. The smallest absolute Gasteiger partial charge is 0.341 e. The molecule has 1 N–H and O–H groups in total. The number of aliphatic carboxylic acids is 1. The van der Waals surface area contributed by atoms with E-state index in [0.29, 0.717) is 11.3 Å². The quantitative estimate of drug-likeness (QED) is 0.838. The van der Waals surface area contributed by atoms with Gasteiger partial charge in [0.05, 0.1) is 0 Å². The molecule has 1 aromatic heterocycles. The molecule has 3 heterocycles. The van der Waals surface area contributed by atoms with Gasteiger partial charge in [-0.2, -0.15) is 0 Å². The van der Waals surface area contributed by atoms with Crippen molar-refractivity contribution in [1.29, 1.82) is 0 Å². The SMILES string of the molecule is O=C(O)COc1cccc(C(=O)N2CCC3(CC2)CCN(c2ccncc2)C3)c1. The lowest BCUT2D eigenvalue weighted by Crippen LogP contribution is -2.44. The number of carboxylic acids is 1. The molecule has 0 saturated carbocycles. The fourth-order valence-corrected chi connectivity index (χ4v) is 4.35. The highest BCUT2D eigenvalue weighted by atomic mass is 16.5. The number of hydrogen-bond acceptors (Lipinski definition) is 5. The number of carbonyl (C=O) groups is 2. The van der Waals surface area contributed by atoms with Gasteiger partial charge in [-0.05, 0) is 55.0 Å². The van der Waals surface area contributed by atoms with Gasteiger partial charge in [-0.1, -0.05) is 6.07 Å². The van der Waals surface area contributed by atoms with Crippen LogP contribution in [0, 0.1) is 5.41 Å². The number of nitrogens with zero attached hydrogens (tertiary/aromatic N) is 3. The van der Waals surface area contributed by atoms with Gasteiger partial charge in [-0.25, -0.2) is 4.79 Å². The number of anilines is 1. The number of aromatic nitrogens is 1. The predicted molar refractivity (Wildman–Crippen MR) is 108 cm³/mol. The molecule has 7 heteroatoms. The Morgan fingerprint density at radius 3 is 2.52 bits per heavy atom. The lowest BCUT2D eigenvalue weighted by Gasteiger charge is -2.39. The molecule has 2 saturated heterocycles. The molecule has 2 fully saturated rings. The van der Waals surface area contributed by atoms with Crippen molar-refractivity contribution in [2.24, 2.45) is 5.41 Å². The third kappa shape index (κ3) is 4.34. The minimum absolute atomic E-state index is 0.0235. The van der Waals surface area contributed by atoms with Crippen LogP contribution in [0.15, 0.2) is 48.8 Å². The third-order valence-electron chi connectivity index (χ3n) is 6.02. The maximum Gasteiger partial charge on any atom is 0.341 e. The van der Waals surface area contributed by atoms with Gasteiger partial charge in [0.15, 0.2) is 6.61 Å². The van der Waals surface area contributed by atoms with Crippen LogP contribution in [0.2, 0.25) is 0 Å². The van der Waals surface area contributed by atoms with E-state index in [2.05, 4.69) is 22.0 Å². The van der Waals surface area contributed by atoms with Crippen LogP contribution in [0.4, 0.5) is 5.69 Å². The molecule has 0 bridgehead atoms. The number of pyridine rings is 1. The molecular formula is C22H25N3O4. The minimum Gasteiger partial charge on any atom is -0.482 e. The topological polar surface area (TPSA) is 83.0 Å². The van der Waals surface area contributed by atoms with Gasteiger partial charge in [-0.3, -0.25) is 9.78 Å². The second-order valence-electron chi connectivity index (χ2n) is 7.88. The number of hydrogen-bond donors (Lipinski definition) is 1. The van der Waals surface area contributed by atoms with Crippen LogP contribution < -0.4 is 9.64 Å². The number of likely N-dealkylation sites (tertiary alicyclic amines) is 1. The van der Waals surface area contributed by atoms with Crippen molar-refractivity contribution in [3.8, 4) is 5.75 Å². The van der Waals surface area contributed by atoms with Gasteiger partial charge >= 0.3 is 5.97 Å². The largest absolute Gasteiger partial charge is 0.482 e. The lowest BCUT2D eigenvalue weighted by molar-refractivity contribution is -0.139. The van der Waals surface area contributed by atoms with Crippen LogP contribution in [-0.2, 0) is 4.79 Å². The molecule has 1 aromatic carbocycles. The maximum absolute atomic E-state index is 12.9. The number of amides is 1.